The lowest BCUT2D eigenvalue weighted by atomic mass is 9.95. The summed E-state index contributed by atoms with van der Waals surface area (Å²) in [5.41, 5.74) is -1.52. The molecule has 1 aromatic carbocycles. The fourth-order valence-electron chi connectivity index (χ4n) is 3.41. The molecule has 0 aromatic heterocycles. The molecule has 0 spiro atoms. The maximum absolute atomic E-state index is 13.1. The largest absolute Gasteiger partial charge is 0.419 e. The number of anilines is 1. The molecule has 11 nitrogen and oxygen atoms in total. The van der Waals surface area contributed by atoms with E-state index >= 15 is 0 Å². The maximum Gasteiger partial charge on any atom is 0.419 e. The molecule has 4 amide bonds. The van der Waals surface area contributed by atoms with Crippen molar-refractivity contribution in [3.05, 3.63) is 40.6 Å². The third-order valence-corrected chi connectivity index (χ3v) is 5.51. The summed E-state index contributed by atoms with van der Waals surface area (Å²) in [5, 5.41) is 9.62. The zero-order valence-electron chi connectivity index (χ0n) is 22.0. The number of hydrogen-bond donors (Lipinski definition) is 4. The first-order valence-electron chi connectivity index (χ1n) is 12.0. The van der Waals surface area contributed by atoms with E-state index in [0.717, 1.165) is 0 Å². The number of allylic oxidation sites excluding steroid dienone is 1. The average molecular weight is 587 g/mol. The second kappa shape index (κ2) is 16.1. The van der Waals surface area contributed by atoms with Gasteiger partial charge in [-0.2, -0.15) is 13.2 Å². The molecule has 1 saturated heterocycles. The Hall–Kier alpha value is -4.07. The van der Waals surface area contributed by atoms with Gasteiger partial charge in [-0.15, -0.1) is 0 Å². The van der Waals surface area contributed by atoms with Crippen LogP contribution in [0.3, 0.4) is 0 Å². The number of alkyl halides is 3. The summed E-state index contributed by atoms with van der Waals surface area (Å²) in [7, 11) is 1.23. The lowest BCUT2D eigenvalue weighted by Crippen LogP contribution is -2.48. The van der Waals surface area contributed by atoms with Crippen molar-refractivity contribution in [2.75, 3.05) is 25.5 Å². The van der Waals surface area contributed by atoms with Gasteiger partial charge in [0.25, 0.3) is 11.8 Å². The molecule has 4 N–H and O–H groups in total. The Kier molecular flexibility index (Phi) is 13.7. The number of rotatable bonds is 11. The normalized spacial score (nSPS) is 15.8. The molecular formula is C25H30ClF3N6O5. The summed E-state index contributed by atoms with van der Waals surface area (Å²) in [6.07, 6.45) is -3.65. The van der Waals surface area contributed by atoms with E-state index in [0.29, 0.717) is 25.4 Å². The topological polar surface area (TPSA) is 158 Å². The molecule has 1 fully saturated rings. The van der Waals surface area contributed by atoms with Gasteiger partial charge in [-0.05, 0) is 37.8 Å². The highest BCUT2D eigenvalue weighted by atomic mass is 35.5. The van der Waals surface area contributed by atoms with Gasteiger partial charge < -0.3 is 21.3 Å². The second-order valence-electron chi connectivity index (χ2n) is 7.95. The van der Waals surface area contributed by atoms with Crippen LogP contribution in [0.4, 0.5) is 18.9 Å². The standard InChI is InChI=1S/C23H24ClF3N6O5.C2H6/c1-28-9-13(23(25,26)27)10-30-11-18(34)32-16-4-3-14(24)8-15(16)21(37)33-17(19(35)22(38)29-2)7-12-5-6-31-20(12)36;1-2/h3-4,8-10,12,17H,1,5-7,11H2,2H3,(H,29,38)(H,31,36)(H,32,34)(H,33,37);1-2H3/b13-9+,30-10?;. The van der Waals surface area contributed by atoms with Crippen LogP contribution in [0.1, 0.15) is 37.0 Å². The minimum absolute atomic E-state index is 0.0869. The first-order valence-corrected chi connectivity index (χ1v) is 12.4. The quantitative estimate of drug-likeness (QED) is 0.231. The fraction of sp³-hybridized carbons (Fsp3) is 0.400. The van der Waals surface area contributed by atoms with Gasteiger partial charge in [-0.3, -0.25) is 34.0 Å². The minimum Gasteiger partial charge on any atom is -0.356 e. The van der Waals surface area contributed by atoms with E-state index in [-0.39, 0.29) is 28.6 Å². The number of amides is 4. The van der Waals surface area contributed by atoms with E-state index < -0.39 is 53.8 Å². The number of aliphatic imine (C=N–C) groups is 2. The van der Waals surface area contributed by atoms with E-state index in [1.54, 1.807) is 0 Å². The number of likely N-dealkylation sites (N-methyl/N-ethyl adjacent to an activating group) is 1. The van der Waals surface area contributed by atoms with Gasteiger partial charge in [0.1, 0.15) is 6.54 Å². The monoisotopic (exact) mass is 586 g/mol. The Morgan fingerprint density at radius 2 is 1.93 bits per heavy atom. The smallest absolute Gasteiger partial charge is 0.356 e. The summed E-state index contributed by atoms with van der Waals surface area (Å²) in [4.78, 5) is 68.4. The third-order valence-electron chi connectivity index (χ3n) is 5.28. The van der Waals surface area contributed by atoms with Crippen LogP contribution in [0.5, 0.6) is 0 Å². The van der Waals surface area contributed by atoms with Crippen molar-refractivity contribution in [3.8, 4) is 0 Å². The number of carbonyl (C=O) groups excluding carboxylic acids is 5. The van der Waals surface area contributed by atoms with Crippen LogP contribution in [-0.4, -0.2) is 74.7 Å². The molecule has 1 aliphatic heterocycles. The van der Waals surface area contributed by atoms with Gasteiger partial charge in [0.2, 0.25) is 17.6 Å². The molecule has 218 valence electrons. The van der Waals surface area contributed by atoms with E-state index in [9.17, 15) is 37.1 Å². The Bertz CT molecular complexity index is 1190. The number of halogens is 4. The van der Waals surface area contributed by atoms with Crippen molar-refractivity contribution in [1.82, 2.24) is 16.0 Å². The lowest BCUT2D eigenvalue weighted by molar-refractivity contribution is -0.139. The number of hydrogen-bond acceptors (Lipinski definition) is 7. The fourth-order valence-corrected chi connectivity index (χ4v) is 3.58. The third kappa shape index (κ3) is 10.2. The number of ketones is 1. The van der Waals surface area contributed by atoms with Crippen LogP contribution < -0.4 is 21.3 Å². The lowest BCUT2D eigenvalue weighted by Gasteiger charge is -2.20. The molecule has 0 saturated carbocycles. The van der Waals surface area contributed by atoms with Crippen LogP contribution in [0.2, 0.25) is 5.02 Å². The van der Waals surface area contributed by atoms with Crippen LogP contribution >= 0.6 is 11.6 Å². The number of benzene rings is 1. The summed E-state index contributed by atoms with van der Waals surface area (Å²) in [6.45, 7) is 6.60. The molecule has 1 aromatic rings. The van der Waals surface area contributed by atoms with Crippen LogP contribution in [0, 0.1) is 5.92 Å². The SMILES string of the molecule is C=N/C=C(\C=NCC(=O)Nc1ccc(Cl)cc1C(=O)NC(CC1CCNC1=O)C(=O)C(=O)NC)C(F)(F)F.CC. The Morgan fingerprint density at radius 1 is 1.25 bits per heavy atom. The number of Topliss-reactive ketones (excluding diaryl/α,β-unsaturated/α-hetero) is 1. The van der Waals surface area contributed by atoms with E-state index in [1.807, 2.05) is 13.8 Å². The molecule has 1 heterocycles. The summed E-state index contributed by atoms with van der Waals surface area (Å²) < 4.78 is 38.6. The van der Waals surface area contributed by atoms with Crippen molar-refractivity contribution in [3.63, 3.8) is 0 Å². The van der Waals surface area contributed by atoms with Gasteiger partial charge in [0, 0.05) is 36.9 Å². The number of nitrogens with one attached hydrogen (secondary N) is 4. The highest BCUT2D eigenvalue weighted by molar-refractivity contribution is 6.38. The predicted octanol–water partition coefficient (Wildman–Crippen LogP) is 2.46. The Morgan fingerprint density at radius 3 is 2.48 bits per heavy atom. The number of carbonyl (C=O) groups is 5. The average Bonchev–Trinajstić information content (AvgIpc) is 3.32. The van der Waals surface area contributed by atoms with E-state index in [2.05, 4.69) is 38.0 Å². The van der Waals surface area contributed by atoms with Crippen LogP contribution in [0.25, 0.3) is 0 Å². The summed E-state index contributed by atoms with van der Waals surface area (Å²) >= 11 is 5.99. The van der Waals surface area contributed by atoms with E-state index in [4.69, 9.17) is 11.6 Å². The maximum atomic E-state index is 13.1. The predicted molar refractivity (Wildman–Crippen MR) is 145 cm³/mol. The number of nitrogens with zero attached hydrogens (tertiary/aromatic N) is 2. The van der Waals surface area contributed by atoms with Crippen molar-refractivity contribution in [1.29, 1.82) is 0 Å². The molecule has 0 aliphatic carbocycles. The highest BCUT2D eigenvalue weighted by Crippen LogP contribution is 2.24. The van der Waals surface area contributed by atoms with Gasteiger partial charge in [0.15, 0.2) is 0 Å². The second-order valence-corrected chi connectivity index (χ2v) is 8.39. The van der Waals surface area contributed by atoms with Crippen LogP contribution in [0.15, 0.2) is 40.0 Å². The molecule has 15 heteroatoms. The minimum atomic E-state index is -4.76. The van der Waals surface area contributed by atoms with Gasteiger partial charge in [-0.25, -0.2) is 0 Å². The van der Waals surface area contributed by atoms with E-state index in [1.165, 1.54) is 25.2 Å². The first kappa shape index (κ1) is 34.0. The Labute approximate surface area is 233 Å². The van der Waals surface area contributed by atoms with Crippen molar-refractivity contribution in [2.24, 2.45) is 15.9 Å². The molecule has 1 aliphatic rings. The molecule has 0 radical (unpaired) electrons. The van der Waals surface area contributed by atoms with Crippen molar-refractivity contribution in [2.45, 2.75) is 38.9 Å². The van der Waals surface area contributed by atoms with Crippen molar-refractivity contribution >= 4 is 59.6 Å². The molecule has 2 rings (SSSR count). The molecule has 2 atom stereocenters. The Balaban J connectivity index is 0.00000391. The van der Waals surface area contributed by atoms with Gasteiger partial charge in [0.05, 0.1) is 22.9 Å². The summed E-state index contributed by atoms with van der Waals surface area (Å²) in [6, 6.07) is 2.42. The first-order chi connectivity index (χ1) is 18.9. The van der Waals surface area contributed by atoms with Gasteiger partial charge in [-0.1, -0.05) is 25.4 Å². The van der Waals surface area contributed by atoms with Crippen molar-refractivity contribution < 1.29 is 37.1 Å². The zero-order valence-corrected chi connectivity index (χ0v) is 22.8. The van der Waals surface area contributed by atoms with Gasteiger partial charge >= 0.3 is 6.18 Å². The zero-order chi connectivity index (χ0) is 30.5. The molecular weight excluding hydrogens is 557 g/mol. The van der Waals surface area contributed by atoms with Crippen LogP contribution in [-0.2, 0) is 19.2 Å². The molecule has 40 heavy (non-hydrogen) atoms. The molecule has 0 bridgehead atoms. The summed E-state index contributed by atoms with van der Waals surface area (Å²) in [5.74, 6) is -4.66. The highest BCUT2D eigenvalue weighted by Gasteiger charge is 2.34. The molecule has 2 unspecified atom stereocenters.